The summed E-state index contributed by atoms with van der Waals surface area (Å²) >= 11 is 0. The summed E-state index contributed by atoms with van der Waals surface area (Å²) < 4.78 is 5.59. The maximum atomic E-state index is 5.59. The van der Waals surface area contributed by atoms with Crippen LogP contribution < -0.4 is 5.32 Å². The van der Waals surface area contributed by atoms with Gasteiger partial charge in [0, 0.05) is 18.0 Å². The van der Waals surface area contributed by atoms with Gasteiger partial charge in [-0.05, 0) is 37.9 Å². The van der Waals surface area contributed by atoms with E-state index in [2.05, 4.69) is 56.4 Å². The molecule has 0 fully saturated rings. The lowest BCUT2D eigenvalue weighted by Gasteiger charge is -2.19. The Morgan fingerprint density at radius 2 is 1.85 bits per heavy atom. The van der Waals surface area contributed by atoms with Crippen molar-refractivity contribution in [2.75, 3.05) is 6.54 Å². The molecule has 0 aliphatic carbocycles. The lowest BCUT2D eigenvalue weighted by Crippen LogP contribution is -2.24. The average molecular weight is 271 g/mol. The van der Waals surface area contributed by atoms with E-state index in [-0.39, 0.29) is 0 Å². The predicted octanol–water partition coefficient (Wildman–Crippen LogP) is 4.43. The third kappa shape index (κ3) is 3.73. The second-order valence-corrected chi connectivity index (χ2v) is 5.35. The van der Waals surface area contributed by atoms with Crippen molar-refractivity contribution in [1.82, 2.24) is 5.32 Å². The molecule has 0 amide bonds. The van der Waals surface area contributed by atoms with Gasteiger partial charge in [-0.1, -0.05) is 43.7 Å². The van der Waals surface area contributed by atoms with Crippen LogP contribution in [0.3, 0.4) is 0 Å². The Bertz CT molecular complexity index is 512. The zero-order chi connectivity index (χ0) is 14.4. The summed E-state index contributed by atoms with van der Waals surface area (Å²) in [6.07, 6.45) is 4.90. The van der Waals surface area contributed by atoms with Crippen LogP contribution in [0.5, 0.6) is 0 Å². The lowest BCUT2D eigenvalue weighted by molar-refractivity contribution is 0.481. The number of hydrogen-bond acceptors (Lipinski definition) is 2. The molecule has 1 heterocycles. The summed E-state index contributed by atoms with van der Waals surface area (Å²) in [7, 11) is 0. The fraction of sp³-hybridized carbons (Fsp3) is 0.444. The van der Waals surface area contributed by atoms with Crippen LogP contribution in [-0.2, 0) is 12.8 Å². The van der Waals surface area contributed by atoms with E-state index in [1.54, 1.807) is 0 Å². The molecular formula is C18H25NO. The summed E-state index contributed by atoms with van der Waals surface area (Å²) in [4.78, 5) is 0. The van der Waals surface area contributed by atoms with Gasteiger partial charge >= 0.3 is 0 Å². The Morgan fingerprint density at radius 1 is 1.10 bits per heavy atom. The molecule has 1 N–H and O–H groups in total. The van der Waals surface area contributed by atoms with Crippen LogP contribution in [-0.4, -0.2) is 6.54 Å². The van der Waals surface area contributed by atoms with Gasteiger partial charge in [0.05, 0.1) is 6.26 Å². The number of hydrogen-bond donors (Lipinski definition) is 1. The standard InChI is InChI=1S/C18H25NO/c1-4-11-19-17(16-10-12-20-18(16)5-2)13-15-8-6-14(3)7-9-15/h6-10,12,17,19H,4-5,11,13H2,1-3H3. The Morgan fingerprint density at radius 3 is 2.50 bits per heavy atom. The van der Waals surface area contributed by atoms with Crippen molar-refractivity contribution in [1.29, 1.82) is 0 Å². The topological polar surface area (TPSA) is 25.2 Å². The average Bonchev–Trinajstić information content (AvgIpc) is 2.94. The molecule has 2 nitrogen and oxygen atoms in total. The molecule has 2 heteroatoms. The van der Waals surface area contributed by atoms with Gasteiger partial charge in [-0.15, -0.1) is 0 Å². The van der Waals surface area contributed by atoms with Crippen molar-refractivity contribution in [3.05, 3.63) is 59.0 Å². The van der Waals surface area contributed by atoms with Gasteiger partial charge in [0.2, 0.25) is 0 Å². The molecule has 0 saturated carbocycles. The minimum Gasteiger partial charge on any atom is -0.469 e. The molecule has 0 aliphatic rings. The highest BCUT2D eigenvalue weighted by atomic mass is 16.3. The highest BCUT2D eigenvalue weighted by Gasteiger charge is 2.16. The predicted molar refractivity (Wildman–Crippen MR) is 84.0 cm³/mol. The van der Waals surface area contributed by atoms with Gasteiger partial charge in [0.1, 0.15) is 5.76 Å². The minimum atomic E-state index is 0.339. The fourth-order valence-electron chi connectivity index (χ4n) is 2.52. The third-order valence-electron chi connectivity index (χ3n) is 3.68. The molecule has 108 valence electrons. The summed E-state index contributed by atoms with van der Waals surface area (Å²) in [5, 5.41) is 3.65. The highest BCUT2D eigenvalue weighted by molar-refractivity contribution is 5.27. The van der Waals surface area contributed by atoms with Crippen LogP contribution in [0.4, 0.5) is 0 Å². The number of rotatable bonds is 7. The van der Waals surface area contributed by atoms with Gasteiger partial charge in [-0.2, -0.15) is 0 Å². The third-order valence-corrected chi connectivity index (χ3v) is 3.68. The summed E-state index contributed by atoms with van der Waals surface area (Å²) in [6, 6.07) is 11.3. The van der Waals surface area contributed by atoms with E-state index < -0.39 is 0 Å². The SMILES string of the molecule is CCCNC(Cc1ccc(C)cc1)c1ccoc1CC. The molecular weight excluding hydrogens is 246 g/mol. The van der Waals surface area contributed by atoms with Gasteiger partial charge in [-0.3, -0.25) is 0 Å². The second-order valence-electron chi connectivity index (χ2n) is 5.35. The molecule has 0 bridgehead atoms. The molecule has 1 aromatic carbocycles. The number of aryl methyl sites for hydroxylation is 2. The molecule has 2 aromatic rings. The molecule has 0 aliphatic heterocycles. The van der Waals surface area contributed by atoms with E-state index >= 15 is 0 Å². The van der Waals surface area contributed by atoms with Crippen LogP contribution in [0, 0.1) is 6.92 Å². The molecule has 1 aromatic heterocycles. The van der Waals surface area contributed by atoms with Crippen LogP contribution in [0.15, 0.2) is 41.0 Å². The van der Waals surface area contributed by atoms with E-state index in [1.807, 2.05) is 6.26 Å². The quantitative estimate of drug-likeness (QED) is 0.805. The van der Waals surface area contributed by atoms with Crippen molar-refractivity contribution in [3.8, 4) is 0 Å². The van der Waals surface area contributed by atoms with Crippen molar-refractivity contribution < 1.29 is 4.42 Å². The van der Waals surface area contributed by atoms with Gasteiger partial charge in [0.25, 0.3) is 0 Å². The van der Waals surface area contributed by atoms with Crippen LogP contribution in [0.25, 0.3) is 0 Å². The first-order valence-electron chi connectivity index (χ1n) is 7.59. The van der Waals surface area contributed by atoms with Crippen molar-refractivity contribution >= 4 is 0 Å². The lowest BCUT2D eigenvalue weighted by atomic mass is 9.97. The Kier molecular flexibility index (Phi) is 5.42. The number of nitrogens with one attached hydrogen (secondary N) is 1. The molecule has 2 rings (SSSR count). The second kappa shape index (κ2) is 7.30. The largest absolute Gasteiger partial charge is 0.469 e. The smallest absolute Gasteiger partial charge is 0.108 e. The first-order valence-corrected chi connectivity index (χ1v) is 7.59. The molecule has 1 unspecified atom stereocenters. The van der Waals surface area contributed by atoms with Crippen LogP contribution in [0.2, 0.25) is 0 Å². The van der Waals surface area contributed by atoms with E-state index in [0.29, 0.717) is 6.04 Å². The fourth-order valence-corrected chi connectivity index (χ4v) is 2.52. The molecule has 0 spiro atoms. The van der Waals surface area contributed by atoms with Crippen molar-refractivity contribution in [3.63, 3.8) is 0 Å². The summed E-state index contributed by atoms with van der Waals surface area (Å²) in [5.41, 5.74) is 3.98. The monoisotopic (exact) mass is 271 g/mol. The van der Waals surface area contributed by atoms with E-state index in [1.165, 1.54) is 16.7 Å². The minimum absolute atomic E-state index is 0.339. The molecule has 0 radical (unpaired) electrons. The Balaban J connectivity index is 2.17. The molecule has 20 heavy (non-hydrogen) atoms. The number of furan rings is 1. The maximum Gasteiger partial charge on any atom is 0.108 e. The number of benzene rings is 1. The van der Waals surface area contributed by atoms with Gasteiger partial charge in [-0.25, -0.2) is 0 Å². The zero-order valence-electron chi connectivity index (χ0n) is 12.8. The maximum absolute atomic E-state index is 5.59. The Labute approximate surface area is 122 Å². The van der Waals surface area contributed by atoms with Crippen molar-refractivity contribution in [2.24, 2.45) is 0 Å². The first kappa shape index (κ1) is 14.9. The Hall–Kier alpha value is -1.54. The van der Waals surface area contributed by atoms with Gasteiger partial charge < -0.3 is 9.73 Å². The van der Waals surface area contributed by atoms with Crippen LogP contribution >= 0.6 is 0 Å². The van der Waals surface area contributed by atoms with Crippen LogP contribution in [0.1, 0.15) is 48.8 Å². The normalized spacial score (nSPS) is 12.6. The molecule has 1 atom stereocenters. The van der Waals surface area contributed by atoms with E-state index in [0.717, 1.165) is 31.6 Å². The summed E-state index contributed by atoms with van der Waals surface area (Å²) in [6.45, 7) is 7.50. The van der Waals surface area contributed by atoms with Crippen molar-refractivity contribution in [2.45, 2.75) is 46.1 Å². The summed E-state index contributed by atoms with van der Waals surface area (Å²) in [5.74, 6) is 1.10. The zero-order valence-corrected chi connectivity index (χ0v) is 12.8. The van der Waals surface area contributed by atoms with Gasteiger partial charge in [0.15, 0.2) is 0 Å². The van der Waals surface area contributed by atoms with E-state index in [9.17, 15) is 0 Å². The highest BCUT2D eigenvalue weighted by Crippen LogP contribution is 2.24. The molecule has 0 saturated heterocycles. The van der Waals surface area contributed by atoms with E-state index in [4.69, 9.17) is 4.42 Å². The first-order chi connectivity index (χ1) is 9.74.